The molecule has 108 valence electrons. The average Bonchev–Trinajstić information content (AvgIpc) is 2.61. The maximum Gasteiger partial charge on any atom is 0.336 e. The lowest BCUT2D eigenvalue weighted by Gasteiger charge is -2.25. The monoisotopic (exact) mass is 296 g/mol. The molecule has 1 heterocycles. The number of carbonyl (C=O) groups is 1. The van der Waals surface area contributed by atoms with Crippen LogP contribution in [-0.4, -0.2) is 30.9 Å². The van der Waals surface area contributed by atoms with Gasteiger partial charge in [-0.25, -0.2) is 10.6 Å². The van der Waals surface area contributed by atoms with E-state index in [1.54, 1.807) is 45.0 Å². The van der Waals surface area contributed by atoms with Crippen LogP contribution in [0, 0.1) is 0 Å². The summed E-state index contributed by atoms with van der Waals surface area (Å²) in [5, 5.41) is 1.13. The van der Waals surface area contributed by atoms with Crippen molar-refractivity contribution < 1.29 is 17.9 Å². The largest absolute Gasteiger partial charge is 0.458 e. The van der Waals surface area contributed by atoms with E-state index < -0.39 is 27.9 Å². The number of hydrogen-bond acceptors (Lipinski definition) is 6. The maximum atomic E-state index is 12.2. The molecule has 0 bridgehead atoms. The van der Waals surface area contributed by atoms with Gasteiger partial charge in [0.2, 0.25) is 10.3 Å². The third-order valence-corrected chi connectivity index (χ3v) is 3.59. The van der Waals surface area contributed by atoms with Crippen molar-refractivity contribution in [1.29, 1.82) is 0 Å². The van der Waals surface area contributed by atoms with E-state index >= 15 is 0 Å². The lowest BCUT2D eigenvalue weighted by molar-refractivity contribution is -0.154. The highest BCUT2D eigenvalue weighted by Crippen LogP contribution is 2.30. The van der Waals surface area contributed by atoms with E-state index in [0.717, 1.165) is 5.01 Å². The topological polar surface area (TPSA) is 89.7 Å². The molecule has 1 atom stereocenters. The molecule has 0 saturated carbocycles. The van der Waals surface area contributed by atoms with Gasteiger partial charge in [0.1, 0.15) is 10.5 Å². The molecule has 2 rings (SSSR count). The summed E-state index contributed by atoms with van der Waals surface area (Å²) in [6.07, 6.45) is 0. The maximum absolute atomic E-state index is 12.2. The Hall–Kier alpha value is -1.86. The molecule has 0 amide bonds. The van der Waals surface area contributed by atoms with E-state index in [1.807, 2.05) is 0 Å². The molecule has 0 spiro atoms. The number of nitrogens with zero attached hydrogens (tertiary/aromatic N) is 1. The van der Waals surface area contributed by atoms with Gasteiger partial charge in [-0.3, -0.25) is 5.01 Å². The average molecular weight is 296 g/mol. The number of benzene rings is 1. The second-order valence-corrected chi connectivity index (χ2v) is 6.37. The number of hydrogen-bond donors (Lipinski definition) is 1. The molecule has 0 saturated heterocycles. The Morgan fingerprint density at radius 3 is 2.45 bits per heavy atom. The molecule has 6 nitrogen and oxygen atoms in total. The van der Waals surface area contributed by atoms with Crippen molar-refractivity contribution in [2.24, 2.45) is 5.84 Å². The summed E-state index contributed by atoms with van der Waals surface area (Å²) in [6.45, 7) is 5.13. The molecule has 1 aromatic rings. The van der Waals surface area contributed by atoms with E-state index in [-0.39, 0.29) is 4.86 Å². The van der Waals surface area contributed by atoms with Gasteiger partial charge in [-0.15, -0.1) is 0 Å². The van der Waals surface area contributed by atoms with Gasteiger partial charge < -0.3 is 4.74 Å². The minimum atomic E-state index is -2.56. The molecule has 0 fully saturated rings. The summed E-state index contributed by atoms with van der Waals surface area (Å²) >= 11 is 0. The quantitative estimate of drug-likeness (QED) is 0.461. The number of esters is 1. The SMILES string of the molecule is CC(C)(C)OC(=O)C1C(=S(=O)=O)c2ccccc2N1N. The number of anilines is 1. The van der Waals surface area contributed by atoms with E-state index in [4.69, 9.17) is 10.6 Å². The smallest absolute Gasteiger partial charge is 0.336 e. The number of nitrogens with two attached hydrogens (primary N) is 1. The zero-order valence-electron chi connectivity index (χ0n) is 11.5. The third-order valence-electron chi connectivity index (χ3n) is 2.78. The summed E-state index contributed by atoms with van der Waals surface area (Å²) in [5.41, 5.74) is 0.198. The van der Waals surface area contributed by atoms with Crippen LogP contribution in [-0.2, 0) is 19.8 Å². The summed E-state index contributed by atoms with van der Waals surface area (Å²) in [7, 11) is -2.56. The molecule has 7 heteroatoms. The van der Waals surface area contributed by atoms with Gasteiger partial charge in [0, 0.05) is 5.56 Å². The lowest BCUT2D eigenvalue weighted by Crippen LogP contribution is -2.49. The summed E-state index contributed by atoms with van der Waals surface area (Å²) in [6, 6.07) is 5.54. The van der Waals surface area contributed by atoms with Gasteiger partial charge in [-0.1, -0.05) is 18.2 Å². The van der Waals surface area contributed by atoms with Crippen molar-refractivity contribution in [3.63, 3.8) is 0 Å². The Morgan fingerprint density at radius 2 is 1.90 bits per heavy atom. The van der Waals surface area contributed by atoms with Crippen LogP contribution in [0.15, 0.2) is 24.3 Å². The van der Waals surface area contributed by atoms with Crippen LogP contribution in [0.25, 0.3) is 0 Å². The van der Waals surface area contributed by atoms with E-state index in [9.17, 15) is 13.2 Å². The standard InChI is InChI=1S/C13H16N2O4S/c1-13(2,3)19-12(16)10-11(20(17)18)8-6-4-5-7-9(8)15(10)14/h4-7,10H,14H2,1-3H3. The second-order valence-electron chi connectivity index (χ2n) is 5.46. The van der Waals surface area contributed by atoms with Crippen molar-refractivity contribution >= 4 is 26.8 Å². The van der Waals surface area contributed by atoms with Crippen LogP contribution in [0.2, 0.25) is 0 Å². The molecule has 1 aliphatic rings. The van der Waals surface area contributed by atoms with Gasteiger partial charge in [-0.2, -0.15) is 8.42 Å². The van der Waals surface area contributed by atoms with Crippen molar-refractivity contribution in [1.82, 2.24) is 0 Å². The molecular weight excluding hydrogens is 280 g/mol. The molecule has 1 unspecified atom stereocenters. The number of ether oxygens (including phenoxy) is 1. The van der Waals surface area contributed by atoms with Crippen LogP contribution in [0.1, 0.15) is 26.3 Å². The lowest BCUT2D eigenvalue weighted by atomic mass is 10.1. The van der Waals surface area contributed by atoms with Crippen LogP contribution < -0.4 is 10.9 Å². The molecule has 2 N–H and O–H groups in total. The molecule has 20 heavy (non-hydrogen) atoms. The number of carbonyl (C=O) groups excluding carboxylic acids is 1. The Bertz CT molecular complexity index is 681. The predicted molar refractivity (Wildman–Crippen MR) is 75.8 cm³/mol. The number of para-hydroxylation sites is 1. The number of hydrazine groups is 1. The fraction of sp³-hybridized carbons (Fsp3) is 0.385. The normalized spacial score (nSPS) is 17.9. The Labute approximate surface area is 118 Å². The van der Waals surface area contributed by atoms with E-state index in [0.29, 0.717) is 11.3 Å². The van der Waals surface area contributed by atoms with E-state index in [1.165, 1.54) is 0 Å². The van der Waals surface area contributed by atoms with Crippen molar-refractivity contribution in [2.75, 3.05) is 5.01 Å². The summed E-state index contributed by atoms with van der Waals surface area (Å²) in [5.74, 6) is 5.19. The third kappa shape index (κ3) is 2.54. The minimum Gasteiger partial charge on any atom is -0.458 e. The van der Waals surface area contributed by atoms with Gasteiger partial charge >= 0.3 is 5.97 Å². The Balaban J connectivity index is 2.51. The molecule has 1 aromatic carbocycles. The van der Waals surface area contributed by atoms with Crippen LogP contribution in [0.5, 0.6) is 0 Å². The van der Waals surface area contributed by atoms with Gasteiger partial charge in [-0.05, 0) is 26.8 Å². The first-order valence-corrected chi connectivity index (χ1v) is 7.12. The molecule has 0 radical (unpaired) electrons. The van der Waals surface area contributed by atoms with Gasteiger partial charge in [0.15, 0.2) is 6.04 Å². The first kappa shape index (κ1) is 14.5. The second kappa shape index (κ2) is 4.92. The fourth-order valence-electron chi connectivity index (χ4n) is 2.08. The number of fused-ring (bicyclic) bond motifs is 1. The van der Waals surface area contributed by atoms with Crippen LogP contribution in [0.4, 0.5) is 5.69 Å². The van der Waals surface area contributed by atoms with Crippen LogP contribution >= 0.6 is 0 Å². The fourth-order valence-corrected chi connectivity index (χ4v) is 2.82. The van der Waals surface area contributed by atoms with Crippen molar-refractivity contribution in [3.8, 4) is 0 Å². The predicted octanol–water partition coefficient (Wildman–Crippen LogP) is 0.490. The zero-order chi connectivity index (χ0) is 15.1. The Kier molecular flexibility index (Phi) is 3.58. The highest BCUT2D eigenvalue weighted by Gasteiger charge is 2.42. The minimum absolute atomic E-state index is 0.0580. The van der Waals surface area contributed by atoms with Crippen molar-refractivity contribution in [3.05, 3.63) is 29.8 Å². The molecule has 0 aromatic heterocycles. The van der Waals surface area contributed by atoms with Gasteiger partial charge in [0.05, 0.1) is 5.69 Å². The molecular formula is C13H16N2O4S. The number of rotatable bonds is 1. The highest BCUT2D eigenvalue weighted by atomic mass is 32.2. The first-order chi connectivity index (χ1) is 9.22. The van der Waals surface area contributed by atoms with Crippen LogP contribution in [0.3, 0.4) is 0 Å². The highest BCUT2D eigenvalue weighted by molar-refractivity contribution is 7.73. The Morgan fingerprint density at radius 1 is 1.30 bits per heavy atom. The summed E-state index contributed by atoms with van der Waals surface area (Å²) < 4.78 is 28.2. The molecule has 1 aliphatic heterocycles. The summed E-state index contributed by atoms with van der Waals surface area (Å²) in [4.78, 5) is 12.2. The zero-order valence-corrected chi connectivity index (χ0v) is 12.3. The van der Waals surface area contributed by atoms with Gasteiger partial charge in [0.25, 0.3) is 0 Å². The van der Waals surface area contributed by atoms with E-state index in [2.05, 4.69) is 0 Å². The van der Waals surface area contributed by atoms with Crippen molar-refractivity contribution in [2.45, 2.75) is 32.4 Å². The molecule has 0 aliphatic carbocycles. The first-order valence-electron chi connectivity index (χ1n) is 6.04.